The first-order valence-corrected chi connectivity index (χ1v) is 19.2. The Labute approximate surface area is 245 Å². The number of nitrogens with zero attached hydrogens (tertiary/aromatic N) is 1. The largest absolute Gasteiger partial charge is 0.410 e. The van der Waals surface area contributed by atoms with Crippen LogP contribution in [0.1, 0.15) is 163 Å². The fourth-order valence-corrected chi connectivity index (χ4v) is 9.19. The molecule has 3 nitrogen and oxygen atoms in total. The average Bonchev–Trinajstić information content (AvgIpc) is 3.46. The fourth-order valence-electron chi connectivity index (χ4n) is 7.92. The molecular formula is C36H53NO2Si. The summed E-state index contributed by atoms with van der Waals surface area (Å²) >= 11 is 0. The second-order valence-electron chi connectivity index (χ2n) is 15.9. The summed E-state index contributed by atoms with van der Waals surface area (Å²) in [5, 5.41) is 0.175. The molecule has 0 amide bonds. The number of ether oxygens (including phenoxy) is 1. The van der Waals surface area contributed by atoms with Crippen LogP contribution in [0.2, 0.25) is 18.1 Å². The third kappa shape index (κ3) is 4.56. The van der Waals surface area contributed by atoms with Crippen LogP contribution in [0.4, 0.5) is 0 Å². The van der Waals surface area contributed by atoms with Gasteiger partial charge in [-0.05, 0) is 90.6 Å². The first-order valence-electron chi connectivity index (χ1n) is 16.3. The van der Waals surface area contributed by atoms with Gasteiger partial charge in [0.25, 0.3) is 0 Å². The Balaban J connectivity index is 1.57. The van der Waals surface area contributed by atoms with Crippen molar-refractivity contribution in [1.29, 1.82) is 0 Å². The van der Waals surface area contributed by atoms with Crippen molar-refractivity contribution in [2.75, 3.05) is 0 Å². The fraction of sp³-hybridized carbons (Fsp3) is 0.694. The van der Waals surface area contributed by atoms with Crippen LogP contribution in [0.5, 0.6) is 0 Å². The van der Waals surface area contributed by atoms with Gasteiger partial charge >= 0.3 is 0 Å². The number of rotatable bonds is 5. The molecule has 0 unspecified atom stereocenters. The molecule has 0 bridgehead atoms. The molecule has 40 heavy (non-hydrogen) atoms. The number of hydrogen-bond acceptors (Lipinski definition) is 3. The molecule has 1 aromatic heterocycles. The van der Waals surface area contributed by atoms with E-state index in [2.05, 4.69) is 85.8 Å². The van der Waals surface area contributed by atoms with E-state index in [9.17, 15) is 0 Å². The first kappa shape index (κ1) is 28.6. The topological polar surface area (TPSA) is 31.4 Å². The minimum atomic E-state index is -2.00. The molecule has 2 aromatic rings. The molecule has 4 heteroatoms. The summed E-state index contributed by atoms with van der Waals surface area (Å²) in [5.41, 5.74) is 9.82. The maximum atomic E-state index is 7.46. The van der Waals surface area contributed by atoms with E-state index in [4.69, 9.17) is 14.1 Å². The molecule has 1 aromatic carbocycles. The highest BCUT2D eigenvalue weighted by Crippen LogP contribution is 2.62. The van der Waals surface area contributed by atoms with Gasteiger partial charge in [0.05, 0.1) is 11.7 Å². The normalized spacial score (nSPS) is 25.1. The third-order valence-electron chi connectivity index (χ3n) is 11.4. The van der Waals surface area contributed by atoms with E-state index in [-0.39, 0.29) is 22.8 Å². The Bertz CT molecular complexity index is 1260. The Kier molecular flexibility index (Phi) is 6.99. The van der Waals surface area contributed by atoms with Crippen LogP contribution in [-0.4, -0.2) is 13.3 Å². The molecule has 4 aliphatic rings. The van der Waals surface area contributed by atoms with E-state index in [1.807, 2.05) is 0 Å². The number of benzene rings is 1. The molecule has 218 valence electrons. The van der Waals surface area contributed by atoms with Crippen LogP contribution >= 0.6 is 0 Å². The lowest BCUT2D eigenvalue weighted by molar-refractivity contribution is -0.0584. The summed E-state index contributed by atoms with van der Waals surface area (Å²) in [7, 11) is -2.00. The summed E-state index contributed by atoms with van der Waals surface area (Å²) in [6.07, 6.45) is 11.1. The van der Waals surface area contributed by atoms with Crippen LogP contribution in [0.25, 0.3) is 0 Å². The van der Waals surface area contributed by atoms with Crippen molar-refractivity contribution in [1.82, 2.24) is 4.98 Å². The molecule has 0 saturated heterocycles. The van der Waals surface area contributed by atoms with Gasteiger partial charge in [-0.15, -0.1) is 0 Å². The zero-order chi connectivity index (χ0) is 28.7. The van der Waals surface area contributed by atoms with Gasteiger partial charge in [0, 0.05) is 22.5 Å². The first-order chi connectivity index (χ1) is 18.8. The van der Waals surface area contributed by atoms with Gasteiger partial charge in [0.15, 0.2) is 8.32 Å². The summed E-state index contributed by atoms with van der Waals surface area (Å²) < 4.78 is 14.8. The van der Waals surface area contributed by atoms with Gasteiger partial charge in [-0.3, -0.25) is 4.98 Å². The van der Waals surface area contributed by atoms with Gasteiger partial charge in [0.2, 0.25) is 0 Å². The van der Waals surface area contributed by atoms with E-state index in [1.54, 1.807) is 0 Å². The highest BCUT2D eigenvalue weighted by molar-refractivity contribution is 6.74. The van der Waals surface area contributed by atoms with Crippen molar-refractivity contribution in [3.05, 3.63) is 63.5 Å². The standard InChI is InChI=1S/C36H53NO2Si/c1-23(2)25-13-15-26(16-14-25)33-30-31(36(38-33)19-10-11-20-36)29-27(37-32(30)24(3)4)21-35(17-12-18-35)22-28(29)39-40(8,9)34(5,6)7/h13-16,23-24,28,33H,10-12,17-22H2,1-9H3/t28-,33+/m0/s1. The van der Waals surface area contributed by atoms with Crippen LogP contribution in [-0.2, 0) is 21.2 Å². The smallest absolute Gasteiger partial charge is 0.192 e. The molecule has 2 atom stereocenters. The lowest BCUT2D eigenvalue weighted by Crippen LogP contribution is -2.46. The van der Waals surface area contributed by atoms with Gasteiger partial charge in [-0.1, -0.05) is 92.0 Å². The molecule has 2 heterocycles. The van der Waals surface area contributed by atoms with Gasteiger partial charge in [-0.25, -0.2) is 0 Å². The van der Waals surface area contributed by atoms with Crippen molar-refractivity contribution in [2.45, 2.75) is 154 Å². The maximum Gasteiger partial charge on any atom is 0.192 e. The second-order valence-corrected chi connectivity index (χ2v) is 20.7. The molecule has 0 radical (unpaired) electrons. The van der Waals surface area contributed by atoms with Crippen molar-refractivity contribution >= 4 is 8.32 Å². The van der Waals surface area contributed by atoms with E-state index in [1.165, 1.54) is 71.3 Å². The molecule has 2 spiro atoms. The molecule has 2 saturated carbocycles. The Morgan fingerprint density at radius 3 is 2.08 bits per heavy atom. The van der Waals surface area contributed by atoms with E-state index >= 15 is 0 Å². The highest BCUT2D eigenvalue weighted by Gasteiger charge is 2.55. The summed E-state index contributed by atoms with van der Waals surface area (Å²) in [5.74, 6) is 0.884. The lowest BCUT2D eigenvalue weighted by atomic mass is 9.59. The van der Waals surface area contributed by atoms with Crippen LogP contribution in [0, 0.1) is 5.41 Å². The maximum absolute atomic E-state index is 7.46. The van der Waals surface area contributed by atoms with Crippen LogP contribution < -0.4 is 0 Å². The summed E-state index contributed by atoms with van der Waals surface area (Å²) in [6.45, 7) is 21.2. The molecular weight excluding hydrogens is 506 g/mol. The van der Waals surface area contributed by atoms with Gasteiger partial charge in [0.1, 0.15) is 6.10 Å². The molecule has 1 aliphatic heterocycles. The molecule has 2 fully saturated rings. The zero-order valence-electron chi connectivity index (χ0n) is 26.7. The number of pyridine rings is 1. The predicted octanol–water partition coefficient (Wildman–Crippen LogP) is 10.4. The Hall–Kier alpha value is -1.49. The number of hydrogen-bond donors (Lipinski definition) is 0. The average molecular weight is 560 g/mol. The summed E-state index contributed by atoms with van der Waals surface area (Å²) in [4.78, 5) is 5.64. The Morgan fingerprint density at radius 2 is 1.55 bits per heavy atom. The van der Waals surface area contributed by atoms with E-state index < -0.39 is 8.32 Å². The number of aromatic nitrogens is 1. The SMILES string of the molecule is CC(C)c1ccc([C@H]2OC3(CCCC3)c3c2c(C(C)C)nc2c3[C@@H](O[Si](C)(C)C(C)(C)C)CC3(CCC3)C2)cc1. The monoisotopic (exact) mass is 559 g/mol. The quantitative estimate of drug-likeness (QED) is 0.341. The van der Waals surface area contributed by atoms with Crippen molar-refractivity contribution in [2.24, 2.45) is 5.41 Å². The molecule has 0 N–H and O–H groups in total. The van der Waals surface area contributed by atoms with Crippen LogP contribution in [0.15, 0.2) is 24.3 Å². The third-order valence-corrected chi connectivity index (χ3v) is 15.9. The van der Waals surface area contributed by atoms with Crippen LogP contribution in [0.3, 0.4) is 0 Å². The minimum Gasteiger partial charge on any atom is -0.410 e. The zero-order valence-corrected chi connectivity index (χ0v) is 27.7. The van der Waals surface area contributed by atoms with Crippen molar-refractivity contribution in [3.8, 4) is 0 Å². The minimum absolute atomic E-state index is 0.0439. The van der Waals surface area contributed by atoms with Crippen molar-refractivity contribution < 1.29 is 9.16 Å². The van der Waals surface area contributed by atoms with E-state index in [0.717, 1.165) is 25.7 Å². The summed E-state index contributed by atoms with van der Waals surface area (Å²) in [6, 6.07) is 9.28. The van der Waals surface area contributed by atoms with E-state index in [0.29, 0.717) is 17.3 Å². The van der Waals surface area contributed by atoms with Gasteiger partial charge in [-0.2, -0.15) is 0 Å². The lowest BCUT2D eigenvalue weighted by Gasteiger charge is -2.51. The molecule has 3 aliphatic carbocycles. The second kappa shape index (κ2) is 9.78. The Morgan fingerprint density at radius 1 is 0.900 bits per heavy atom. The highest BCUT2D eigenvalue weighted by atomic mass is 28.4. The van der Waals surface area contributed by atoms with Crippen molar-refractivity contribution in [3.63, 3.8) is 0 Å². The van der Waals surface area contributed by atoms with Gasteiger partial charge < -0.3 is 9.16 Å². The predicted molar refractivity (Wildman–Crippen MR) is 168 cm³/mol. The number of fused-ring (bicyclic) bond motifs is 4. The molecule has 6 rings (SSSR count).